The highest BCUT2D eigenvalue weighted by atomic mass is 35.5. The van der Waals surface area contributed by atoms with E-state index in [1.54, 1.807) is 5.32 Å². The Hall–Kier alpha value is -3.29. The molecule has 4 nitrogen and oxygen atoms in total. The van der Waals surface area contributed by atoms with Crippen molar-refractivity contribution in [3.05, 3.63) is 74.8 Å². The van der Waals surface area contributed by atoms with Gasteiger partial charge in [0.2, 0.25) is 5.91 Å². The minimum absolute atomic E-state index is 0.0987. The summed E-state index contributed by atoms with van der Waals surface area (Å²) in [6.07, 6.45) is -15.3. The van der Waals surface area contributed by atoms with E-state index in [9.17, 15) is 49.1 Å². The van der Waals surface area contributed by atoms with Gasteiger partial charge in [0.15, 0.2) is 0 Å². The fourth-order valence-corrected chi connectivity index (χ4v) is 4.18. The molecular formula is C26H21ClF10N2O2. The van der Waals surface area contributed by atoms with E-state index >= 15 is 4.39 Å². The Morgan fingerprint density at radius 2 is 1.54 bits per heavy atom. The molecule has 41 heavy (non-hydrogen) atoms. The molecule has 1 atom stereocenters. The molecule has 0 spiro atoms. The summed E-state index contributed by atoms with van der Waals surface area (Å²) in [6, 6.07) is 3.43. The summed E-state index contributed by atoms with van der Waals surface area (Å²) in [6.45, 7) is 1.13. The second-order valence-electron chi connectivity index (χ2n) is 9.59. The lowest BCUT2D eigenvalue weighted by molar-refractivity contribution is -0.140. The van der Waals surface area contributed by atoms with E-state index in [4.69, 9.17) is 11.6 Å². The third-order valence-corrected chi connectivity index (χ3v) is 6.91. The van der Waals surface area contributed by atoms with Gasteiger partial charge in [0.25, 0.3) is 5.91 Å². The van der Waals surface area contributed by atoms with Gasteiger partial charge < -0.3 is 10.6 Å². The summed E-state index contributed by atoms with van der Waals surface area (Å²) in [5, 5.41) is 3.72. The van der Waals surface area contributed by atoms with Crippen LogP contribution in [0.4, 0.5) is 43.9 Å². The van der Waals surface area contributed by atoms with E-state index in [1.807, 2.05) is 5.32 Å². The van der Waals surface area contributed by atoms with E-state index in [0.717, 1.165) is 12.1 Å². The largest absolute Gasteiger partial charge is 0.417 e. The van der Waals surface area contributed by atoms with Crippen molar-refractivity contribution in [3.63, 3.8) is 0 Å². The molecule has 0 radical (unpaired) electrons. The molecule has 0 saturated heterocycles. The molecule has 0 aliphatic heterocycles. The van der Waals surface area contributed by atoms with Gasteiger partial charge in [-0.3, -0.25) is 9.59 Å². The number of rotatable bonds is 7. The van der Waals surface area contributed by atoms with Crippen molar-refractivity contribution in [2.24, 2.45) is 0 Å². The van der Waals surface area contributed by atoms with E-state index in [1.165, 1.54) is 13.8 Å². The number of nitrogens with one attached hydrogen (secondary N) is 2. The van der Waals surface area contributed by atoms with Gasteiger partial charge >= 0.3 is 18.5 Å². The maximum Gasteiger partial charge on any atom is 0.417 e. The molecule has 0 heterocycles. The molecule has 1 aliphatic rings. The van der Waals surface area contributed by atoms with Gasteiger partial charge in [-0.2, -0.15) is 39.5 Å². The van der Waals surface area contributed by atoms with Crippen molar-refractivity contribution >= 4 is 29.2 Å². The Morgan fingerprint density at radius 3 is 2.00 bits per heavy atom. The fourth-order valence-electron chi connectivity index (χ4n) is 4.07. The number of alkyl halides is 9. The average molecular weight is 619 g/mol. The number of aryl methyl sites for hydroxylation is 2. The third-order valence-electron chi connectivity index (χ3n) is 6.32. The monoisotopic (exact) mass is 618 g/mol. The first-order valence-electron chi connectivity index (χ1n) is 11.7. The summed E-state index contributed by atoms with van der Waals surface area (Å²) >= 11 is 5.99. The Bertz CT molecular complexity index is 1350. The molecule has 224 valence electrons. The maximum atomic E-state index is 15.1. The van der Waals surface area contributed by atoms with Crippen LogP contribution in [0.5, 0.6) is 0 Å². The summed E-state index contributed by atoms with van der Waals surface area (Å²) in [5.41, 5.74) is -5.51. The third kappa shape index (κ3) is 7.72. The number of hydrogen-bond donors (Lipinski definition) is 2. The van der Waals surface area contributed by atoms with Crippen LogP contribution in [0.25, 0.3) is 5.83 Å². The Balaban J connectivity index is 1.96. The molecule has 2 aromatic carbocycles. The van der Waals surface area contributed by atoms with Gasteiger partial charge in [-0.15, -0.1) is 0 Å². The van der Waals surface area contributed by atoms with Crippen LogP contribution in [0, 0.1) is 13.8 Å². The topological polar surface area (TPSA) is 58.2 Å². The summed E-state index contributed by atoms with van der Waals surface area (Å²) in [7, 11) is 0. The predicted molar refractivity (Wildman–Crippen MR) is 129 cm³/mol. The number of carbonyl (C=O) groups is 2. The first kappa shape index (κ1) is 32.2. The molecular weight excluding hydrogens is 598 g/mol. The number of amides is 2. The summed E-state index contributed by atoms with van der Waals surface area (Å²) in [4.78, 5) is 24.8. The van der Waals surface area contributed by atoms with Gasteiger partial charge in [0.05, 0.1) is 11.1 Å². The lowest BCUT2D eigenvalue weighted by Crippen LogP contribution is -2.51. The lowest BCUT2D eigenvalue weighted by Gasteiger charge is -2.21. The highest BCUT2D eigenvalue weighted by molar-refractivity contribution is 6.32. The molecule has 1 saturated carbocycles. The first-order chi connectivity index (χ1) is 18.6. The number of halogens is 11. The Morgan fingerprint density at radius 1 is 0.976 bits per heavy atom. The molecule has 2 N–H and O–H groups in total. The normalized spacial score (nSPS) is 16.3. The molecule has 0 bridgehead atoms. The second-order valence-corrected chi connectivity index (χ2v) is 9.97. The molecule has 2 aromatic rings. The number of allylic oxidation sites excluding steroid dienone is 1. The molecule has 1 aliphatic carbocycles. The smallest absolute Gasteiger partial charge is 0.345 e. The van der Waals surface area contributed by atoms with Gasteiger partial charge in [0.1, 0.15) is 23.8 Å². The average Bonchev–Trinajstić information content (AvgIpc) is 3.62. The van der Waals surface area contributed by atoms with E-state index in [-0.39, 0.29) is 41.1 Å². The highest BCUT2D eigenvalue weighted by Crippen LogP contribution is 2.42. The predicted octanol–water partition coefficient (Wildman–Crippen LogP) is 7.57. The van der Waals surface area contributed by atoms with Crippen molar-refractivity contribution in [3.8, 4) is 0 Å². The van der Waals surface area contributed by atoms with Gasteiger partial charge in [-0.05, 0) is 61.6 Å². The van der Waals surface area contributed by atoms with Crippen molar-refractivity contribution in [1.82, 2.24) is 10.6 Å². The van der Waals surface area contributed by atoms with Crippen molar-refractivity contribution < 1.29 is 53.5 Å². The number of carbonyl (C=O) groups excluding carboxylic acids is 2. The molecule has 15 heteroatoms. The minimum Gasteiger partial charge on any atom is -0.345 e. The van der Waals surface area contributed by atoms with Gasteiger partial charge in [-0.1, -0.05) is 29.8 Å². The van der Waals surface area contributed by atoms with Crippen molar-refractivity contribution in [1.29, 1.82) is 0 Å². The summed E-state index contributed by atoms with van der Waals surface area (Å²) < 4.78 is 135. The van der Waals surface area contributed by atoms with Crippen LogP contribution in [0.15, 0.2) is 36.4 Å². The standard InChI is InChI=1S/C26H21ClF10N2O2/c1-12-7-15(8-13(2)20(12)27)17(25(32,33)34)10-19(28)14-3-4-16(18(9-14)26(35,36)37)21(40)39-23(5-6-23)22(41)38-11-24(29,30)31/h3-4,7-10,17H,5-6,11H2,1-2H3,(H,38,41)(H,39,40). The second kappa shape index (κ2) is 11.2. The fraction of sp³-hybridized carbons (Fsp3) is 0.385. The maximum absolute atomic E-state index is 15.1. The zero-order valence-electron chi connectivity index (χ0n) is 21.1. The minimum atomic E-state index is -5.30. The zero-order valence-corrected chi connectivity index (χ0v) is 21.9. The van der Waals surface area contributed by atoms with Crippen LogP contribution in [-0.4, -0.2) is 36.3 Å². The molecule has 0 aromatic heterocycles. The van der Waals surface area contributed by atoms with E-state index in [0.29, 0.717) is 12.1 Å². The number of benzene rings is 2. The summed E-state index contributed by atoms with van der Waals surface area (Å²) in [5.74, 6) is -6.97. The molecule has 3 rings (SSSR count). The van der Waals surface area contributed by atoms with Crippen LogP contribution in [0.2, 0.25) is 5.02 Å². The Kier molecular flexibility index (Phi) is 8.79. The number of hydrogen-bond acceptors (Lipinski definition) is 2. The van der Waals surface area contributed by atoms with E-state index < -0.39 is 76.4 Å². The van der Waals surface area contributed by atoms with Crippen LogP contribution in [-0.2, 0) is 11.0 Å². The van der Waals surface area contributed by atoms with Crippen LogP contribution in [0.3, 0.4) is 0 Å². The highest BCUT2D eigenvalue weighted by Gasteiger charge is 2.52. The quantitative estimate of drug-likeness (QED) is 0.315. The van der Waals surface area contributed by atoms with E-state index in [2.05, 4.69) is 0 Å². The van der Waals surface area contributed by atoms with Gasteiger partial charge in [-0.25, -0.2) is 4.39 Å². The molecule has 2 amide bonds. The molecule has 1 unspecified atom stereocenters. The van der Waals surface area contributed by atoms with Gasteiger partial charge in [0, 0.05) is 10.6 Å². The van der Waals surface area contributed by atoms with Crippen molar-refractivity contribution in [2.45, 2.75) is 56.7 Å². The zero-order chi connectivity index (χ0) is 31.1. The SMILES string of the molecule is Cc1cc(C(C=C(F)c2ccc(C(=O)NC3(C(=O)NCC(F)(F)F)CC3)c(C(F)(F)F)c2)C(F)(F)F)cc(C)c1Cl. The van der Waals surface area contributed by atoms with Crippen LogP contribution in [0.1, 0.15) is 56.9 Å². The first-order valence-corrected chi connectivity index (χ1v) is 12.1. The lowest BCUT2D eigenvalue weighted by atomic mass is 9.93. The Labute approximate surface area is 231 Å². The van der Waals surface area contributed by atoms with Crippen LogP contribution < -0.4 is 10.6 Å². The molecule has 1 fully saturated rings. The van der Waals surface area contributed by atoms with Crippen LogP contribution >= 0.6 is 11.6 Å². The van der Waals surface area contributed by atoms with Crippen molar-refractivity contribution in [2.75, 3.05) is 6.54 Å².